The fraction of sp³-hybridized carbons (Fsp3) is 0.407. The molecular formula is C27H39N7O3. The molecule has 1 aromatic heterocycles. The summed E-state index contributed by atoms with van der Waals surface area (Å²) in [7, 11) is 9.23. The van der Waals surface area contributed by atoms with Crippen molar-refractivity contribution in [2.24, 2.45) is 5.73 Å². The summed E-state index contributed by atoms with van der Waals surface area (Å²) in [6.45, 7) is 3.06. The number of carbonyl (C=O) groups excluding carboxylic acids is 3. The number of carbonyl (C=O) groups is 3. The maximum Gasteiger partial charge on any atom is 0.252 e. The van der Waals surface area contributed by atoms with Gasteiger partial charge in [0.05, 0.1) is 12.1 Å². The van der Waals surface area contributed by atoms with Gasteiger partial charge in [-0.2, -0.15) is 0 Å². The predicted octanol–water partition coefficient (Wildman–Crippen LogP) is 1.79. The maximum atomic E-state index is 12.3. The molecule has 0 aliphatic rings. The van der Waals surface area contributed by atoms with Gasteiger partial charge in [-0.3, -0.25) is 14.4 Å². The minimum atomic E-state index is -0.550. The van der Waals surface area contributed by atoms with Crippen LogP contribution in [-0.2, 0) is 22.4 Å². The lowest BCUT2D eigenvalue weighted by Gasteiger charge is -2.19. The van der Waals surface area contributed by atoms with Crippen LogP contribution in [0.4, 0.5) is 17.3 Å². The van der Waals surface area contributed by atoms with E-state index in [-0.39, 0.29) is 18.4 Å². The minimum Gasteiger partial charge on any atom is -0.365 e. The summed E-state index contributed by atoms with van der Waals surface area (Å²) in [6.07, 6.45) is 4.55. The van der Waals surface area contributed by atoms with Crippen LogP contribution in [0.1, 0.15) is 28.4 Å². The van der Waals surface area contributed by atoms with Crippen LogP contribution in [0, 0.1) is 0 Å². The number of nitrogens with one attached hydrogen (secondary N) is 2. The van der Waals surface area contributed by atoms with Crippen LogP contribution in [0.3, 0.4) is 0 Å². The molecule has 0 saturated heterocycles. The SMILES string of the molecule is CCc1cc(C(N)=O)c(Nc2cccc(CCNC(=O)CN(C)C(=O)/C=C/CN(C)C)c2)nc1N(C)C. The highest BCUT2D eigenvalue weighted by molar-refractivity contribution is 5.99. The van der Waals surface area contributed by atoms with Crippen LogP contribution >= 0.6 is 0 Å². The van der Waals surface area contributed by atoms with Gasteiger partial charge in [0, 0.05) is 46.0 Å². The summed E-state index contributed by atoms with van der Waals surface area (Å²) < 4.78 is 0. The highest BCUT2D eigenvalue weighted by Crippen LogP contribution is 2.26. The summed E-state index contributed by atoms with van der Waals surface area (Å²) in [5, 5.41) is 6.08. The molecule has 0 saturated carbocycles. The molecule has 0 aliphatic carbocycles. The van der Waals surface area contributed by atoms with E-state index in [1.807, 2.05) is 69.2 Å². The molecule has 10 heteroatoms. The number of nitrogens with two attached hydrogens (primary N) is 1. The second kappa shape index (κ2) is 14.0. The number of pyridine rings is 1. The van der Waals surface area contributed by atoms with Gasteiger partial charge in [0.15, 0.2) is 0 Å². The zero-order chi connectivity index (χ0) is 27.5. The van der Waals surface area contributed by atoms with Crippen molar-refractivity contribution in [3.63, 3.8) is 0 Å². The number of aryl methyl sites for hydroxylation is 1. The number of nitrogens with zero attached hydrogens (tertiary/aromatic N) is 4. The van der Waals surface area contributed by atoms with Gasteiger partial charge in [0.1, 0.15) is 11.6 Å². The summed E-state index contributed by atoms with van der Waals surface area (Å²) >= 11 is 0. The molecule has 1 heterocycles. The third-order valence-corrected chi connectivity index (χ3v) is 5.56. The highest BCUT2D eigenvalue weighted by atomic mass is 16.2. The second-order valence-electron chi connectivity index (χ2n) is 9.26. The Morgan fingerprint density at radius 2 is 1.81 bits per heavy atom. The summed E-state index contributed by atoms with van der Waals surface area (Å²) in [4.78, 5) is 46.3. The van der Waals surface area contributed by atoms with Crippen molar-refractivity contribution in [1.82, 2.24) is 20.1 Å². The molecular weight excluding hydrogens is 470 g/mol. The second-order valence-corrected chi connectivity index (χ2v) is 9.26. The van der Waals surface area contributed by atoms with Crippen molar-refractivity contribution >= 4 is 35.0 Å². The van der Waals surface area contributed by atoms with Crippen LogP contribution in [0.5, 0.6) is 0 Å². The molecule has 2 aromatic rings. The number of likely N-dealkylation sites (N-methyl/N-ethyl adjacent to an activating group) is 2. The highest BCUT2D eigenvalue weighted by Gasteiger charge is 2.16. The van der Waals surface area contributed by atoms with Crippen molar-refractivity contribution in [3.05, 3.63) is 59.2 Å². The number of aromatic nitrogens is 1. The largest absolute Gasteiger partial charge is 0.365 e. The molecule has 0 aliphatic heterocycles. The average Bonchev–Trinajstić information content (AvgIpc) is 2.83. The fourth-order valence-corrected chi connectivity index (χ4v) is 3.60. The molecule has 4 N–H and O–H groups in total. The third-order valence-electron chi connectivity index (χ3n) is 5.56. The van der Waals surface area contributed by atoms with Gasteiger partial charge in [0.2, 0.25) is 11.8 Å². The molecule has 1 aromatic carbocycles. The summed E-state index contributed by atoms with van der Waals surface area (Å²) in [5.74, 6) is 0.167. The van der Waals surface area contributed by atoms with E-state index < -0.39 is 5.91 Å². The maximum absolute atomic E-state index is 12.3. The van der Waals surface area contributed by atoms with E-state index in [1.165, 1.54) is 11.0 Å². The van der Waals surface area contributed by atoms with E-state index in [4.69, 9.17) is 5.73 Å². The molecule has 200 valence electrons. The molecule has 37 heavy (non-hydrogen) atoms. The number of hydrogen-bond acceptors (Lipinski definition) is 7. The molecule has 3 amide bonds. The molecule has 2 rings (SSSR count). The molecule has 10 nitrogen and oxygen atoms in total. The van der Waals surface area contributed by atoms with Crippen molar-refractivity contribution in [3.8, 4) is 0 Å². The third kappa shape index (κ3) is 9.23. The van der Waals surface area contributed by atoms with Crippen molar-refractivity contribution in [2.75, 3.05) is 65.1 Å². The topological polar surface area (TPSA) is 124 Å². The zero-order valence-electron chi connectivity index (χ0n) is 22.7. The van der Waals surface area contributed by atoms with E-state index in [1.54, 1.807) is 19.2 Å². The van der Waals surface area contributed by atoms with Crippen LogP contribution in [-0.4, -0.2) is 87.4 Å². The first-order chi connectivity index (χ1) is 17.5. The Bertz CT molecular complexity index is 1130. The van der Waals surface area contributed by atoms with Gasteiger partial charge < -0.3 is 31.1 Å². The van der Waals surface area contributed by atoms with Crippen LogP contribution in [0.15, 0.2) is 42.5 Å². The van der Waals surface area contributed by atoms with Crippen LogP contribution < -0.4 is 21.3 Å². The monoisotopic (exact) mass is 509 g/mol. The van der Waals surface area contributed by atoms with Gasteiger partial charge in [-0.15, -0.1) is 0 Å². The quantitative estimate of drug-likeness (QED) is 0.352. The molecule has 0 unspecified atom stereocenters. The molecule has 0 atom stereocenters. The lowest BCUT2D eigenvalue weighted by Crippen LogP contribution is -2.38. The number of anilines is 3. The number of rotatable bonds is 13. The predicted molar refractivity (Wildman–Crippen MR) is 148 cm³/mol. The van der Waals surface area contributed by atoms with Gasteiger partial charge in [0.25, 0.3) is 5.91 Å². The van der Waals surface area contributed by atoms with E-state index in [2.05, 4.69) is 15.6 Å². The smallest absolute Gasteiger partial charge is 0.252 e. The lowest BCUT2D eigenvalue weighted by molar-refractivity contribution is -0.131. The minimum absolute atomic E-state index is 0.0176. The van der Waals surface area contributed by atoms with E-state index in [0.29, 0.717) is 30.9 Å². The van der Waals surface area contributed by atoms with Gasteiger partial charge in [-0.1, -0.05) is 25.1 Å². The fourth-order valence-electron chi connectivity index (χ4n) is 3.60. The van der Waals surface area contributed by atoms with Crippen LogP contribution in [0.2, 0.25) is 0 Å². The van der Waals surface area contributed by atoms with Crippen molar-refractivity contribution in [1.29, 1.82) is 0 Å². The number of benzene rings is 1. The van der Waals surface area contributed by atoms with E-state index >= 15 is 0 Å². The van der Waals surface area contributed by atoms with Crippen molar-refractivity contribution < 1.29 is 14.4 Å². The number of amides is 3. The zero-order valence-corrected chi connectivity index (χ0v) is 22.7. The average molecular weight is 510 g/mol. The Kier molecular flexibility index (Phi) is 11.1. The first-order valence-electron chi connectivity index (χ1n) is 12.2. The number of primary amides is 1. The summed E-state index contributed by atoms with van der Waals surface area (Å²) in [6, 6.07) is 9.45. The Balaban J connectivity index is 1.99. The lowest BCUT2D eigenvalue weighted by atomic mass is 10.1. The Hall–Kier alpha value is -3.92. The number of hydrogen-bond donors (Lipinski definition) is 3. The Morgan fingerprint density at radius 3 is 2.43 bits per heavy atom. The van der Waals surface area contributed by atoms with Gasteiger partial charge in [-0.25, -0.2) is 4.98 Å². The van der Waals surface area contributed by atoms with Gasteiger partial charge in [-0.05, 0) is 56.3 Å². The van der Waals surface area contributed by atoms with E-state index in [0.717, 1.165) is 29.1 Å². The van der Waals surface area contributed by atoms with Crippen molar-refractivity contribution in [2.45, 2.75) is 19.8 Å². The van der Waals surface area contributed by atoms with Gasteiger partial charge >= 0.3 is 0 Å². The Morgan fingerprint density at radius 1 is 1.08 bits per heavy atom. The normalized spacial score (nSPS) is 11.0. The molecule has 0 radical (unpaired) electrons. The summed E-state index contributed by atoms with van der Waals surface area (Å²) in [5.41, 5.74) is 8.63. The van der Waals surface area contributed by atoms with Crippen LogP contribution in [0.25, 0.3) is 0 Å². The first kappa shape index (κ1) is 29.3. The standard InChI is InChI=1S/C27H39N7O3/c1-7-20-17-22(25(28)37)26(31-27(20)33(4)5)30-21-11-8-10-19(16-21)13-14-29-23(35)18-34(6)24(36)12-9-15-32(2)3/h8-12,16-17H,7,13-15,18H2,1-6H3,(H2,28,37)(H,29,35)(H,30,31)/b12-9+. The molecule has 0 fully saturated rings. The molecule has 0 spiro atoms. The molecule has 0 bridgehead atoms. The first-order valence-corrected chi connectivity index (χ1v) is 12.2. The Labute approximate surface area is 219 Å². The van der Waals surface area contributed by atoms with E-state index in [9.17, 15) is 14.4 Å².